The summed E-state index contributed by atoms with van der Waals surface area (Å²) in [6, 6.07) is 22.0. The summed E-state index contributed by atoms with van der Waals surface area (Å²) < 4.78 is 13.3. The van der Waals surface area contributed by atoms with Crippen molar-refractivity contribution in [2.24, 2.45) is 7.05 Å². The molecule has 3 aromatic carbocycles. The van der Waals surface area contributed by atoms with E-state index < -0.39 is 5.60 Å². The van der Waals surface area contributed by atoms with Crippen LogP contribution in [0.4, 0.5) is 5.69 Å². The Morgan fingerprint density at radius 3 is 2.43 bits per heavy atom. The van der Waals surface area contributed by atoms with Crippen molar-refractivity contribution in [3.8, 4) is 11.6 Å². The second kappa shape index (κ2) is 9.94. The van der Waals surface area contributed by atoms with Gasteiger partial charge in [-0.2, -0.15) is 0 Å². The number of ether oxygens (including phenoxy) is 2. The van der Waals surface area contributed by atoms with Crippen LogP contribution in [0.5, 0.6) is 11.6 Å². The first-order valence-corrected chi connectivity index (χ1v) is 11.8. The minimum Gasteiger partial charge on any atom is -0.482 e. The highest BCUT2D eigenvalue weighted by molar-refractivity contribution is 6.37. The van der Waals surface area contributed by atoms with Gasteiger partial charge in [0.2, 0.25) is 5.75 Å². The molecule has 1 N–H and O–H groups in total. The van der Waals surface area contributed by atoms with E-state index in [2.05, 4.69) is 14.8 Å². The molecule has 0 fully saturated rings. The van der Waals surface area contributed by atoms with Crippen LogP contribution in [0.2, 0.25) is 5.02 Å². The zero-order chi connectivity index (χ0) is 26.0. The Hall–Kier alpha value is -4.38. The largest absolute Gasteiger partial charge is 0.482 e. The van der Waals surface area contributed by atoms with Crippen LogP contribution in [0.25, 0.3) is 15.7 Å². The van der Waals surface area contributed by atoms with Gasteiger partial charge in [0, 0.05) is 12.4 Å². The van der Waals surface area contributed by atoms with E-state index in [1.165, 1.54) is 7.11 Å². The summed E-state index contributed by atoms with van der Waals surface area (Å²) in [7, 11) is 3.33. The van der Waals surface area contributed by atoms with Gasteiger partial charge in [-0.3, -0.25) is 0 Å². The van der Waals surface area contributed by atoms with Crippen LogP contribution in [0.3, 0.4) is 0 Å². The van der Waals surface area contributed by atoms with Crippen LogP contribution < -0.4 is 9.47 Å². The van der Waals surface area contributed by atoms with Gasteiger partial charge in [-0.05, 0) is 28.8 Å². The van der Waals surface area contributed by atoms with Crippen molar-refractivity contribution in [2.45, 2.75) is 12.2 Å². The summed E-state index contributed by atoms with van der Waals surface area (Å²) in [6.07, 6.45) is 3.25. The Labute approximate surface area is 219 Å². The van der Waals surface area contributed by atoms with Crippen molar-refractivity contribution in [1.29, 1.82) is 0 Å². The fraction of sp³-hybridized carbons (Fsp3) is 0.138. The molecule has 0 saturated carbocycles. The summed E-state index contributed by atoms with van der Waals surface area (Å²) in [5.41, 5.74) is 2.17. The number of rotatable bonds is 7. The van der Waals surface area contributed by atoms with Crippen molar-refractivity contribution < 1.29 is 14.6 Å². The van der Waals surface area contributed by atoms with Gasteiger partial charge in [-0.25, -0.2) is 14.8 Å². The first kappa shape index (κ1) is 24.3. The number of methoxy groups -OCH3 is 1. The average Bonchev–Trinajstić information content (AvgIpc) is 3.38. The van der Waals surface area contributed by atoms with Gasteiger partial charge in [-0.15, -0.1) is 0 Å². The third kappa shape index (κ3) is 4.38. The van der Waals surface area contributed by atoms with E-state index in [1.807, 2.05) is 37.4 Å². The topological polar surface area (TPSA) is 73.8 Å². The van der Waals surface area contributed by atoms with Crippen LogP contribution in [-0.2, 0) is 19.3 Å². The summed E-state index contributed by atoms with van der Waals surface area (Å²) in [4.78, 5) is 12.3. The van der Waals surface area contributed by atoms with Crippen LogP contribution >= 0.6 is 11.6 Å². The molecule has 1 unspecified atom stereocenters. The van der Waals surface area contributed by atoms with E-state index in [0.29, 0.717) is 44.2 Å². The lowest BCUT2D eigenvalue weighted by Gasteiger charge is -2.30. The van der Waals surface area contributed by atoms with Crippen LogP contribution in [0.15, 0.2) is 85.3 Å². The number of hydrogen-bond donors (Lipinski definition) is 1. The molecule has 1 atom stereocenters. The number of benzene rings is 3. The summed E-state index contributed by atoms with van der Waals surface area (Å²) >= 11 is 6.88. The zero-order valence-corrected chi connectivity index (χ0v) is 21.0. The monoisotopic (exact) mass is 510 g/mol. The van der Waals surface area contributed by atoms with E-state index in [0.717, 1.165) is 5.56 Å². The summed E-state index contributed by atoms with van der Waals surface area (Å²) in [6.45, 7) is 7.56. The van der Waals surface area contributed by atoms with E-state index in [4.69, 9.17) is 27.6 Å². The Kier molecular flexibility index (Phi) is 6.53. The quantitative estimate of drug-likeness (QED) is 0.270. The molecule has 0 amide bonds. The van der Waals surface area contributed by atoms with Gasteiger partial charge < -0.3 is 19.1 Å². The maximum Gasteiger partial charge on any atom is 0.258 e. The average molecular weight is 511 g/mol. The molecule has 184 valence electrons. The van der Waals surface area contributed by atoms with Crippen molar-refractivity contribution in [3.63, 3.8) is 0 Å². The van der Waals surface area contributed by atoms with Gasteiger partial charge in [0.15, 0.2) is 11.3 Å². The van der Waals surface area contributed by atoms with Gasteiger partial charge in [0.25, 0.3) is 5.88 Å². The fourth-order valence-corrected chi connectivity index (χ4v) is 4.64. The molecule has 2 aromatic heterocycles. The van der Waals surface area contributed by atoms with Crippen LogP contribution in [-0.4, -0.2) is 26.8 Å². The zero-order valence-electron chi connectivity index (χ0n) is 20.2. The Bertz CT molecular complexity index is 1610. The molecule has 5 rings (SSSR count). The van der Waals surface area contributed by atoms with E-state index in [1.54, 1.807) is 59.6 Å². The maximum absolute atomic E-state index is 12.3. The van der Waals surface area contributed by atoms with Gasteiger partial charge in [-0.1, -0.05) is 72.3 Å². The van der Waals surface area contributed by atoms with Crippen LogP contribution in [0, 0.1) is 6.57 Å². The number of fused-ring (bicyclic) bond motifs is 1. The molecule has 8 heteroatoms. The van der Waals surface area contributed by atoms with Crippen LogP contribution in [0.1, 0.15) is 22.4 Å². The molecule has 7 nitrogen and oxygen atoms in total. The number of nitrogens with zero attached hydrogens (tertiary/aromatic N) is 4. The van der Waals surface area contributed by atoms with E-state index in [-0.39, 0.29) is 12.5 Å². The highest BCUT2D eigenvalue weighted by Gasteiger charge is 2.37. The number of aryl methyl sites for hydroxylation is 1. The molecular weight excluding hydrogens is 488 g/mol. The van der Waals surface area contributed by atoms with Crippen molar-refractivity contribution >= 4 is 28.2 Å². The lowest BCUT2D eigenvalue weighted by Crippen LogP contribution is -2.31. The van der Waals surface area contributed by atoms with Gasteiger partial charge in [0.05, 0.1) is 42.4 Å². The molecule has 0 aliphatic carbocycles. The molecule has 0 aliphatic rings. The predicted octanol–water partition coefficient (Wildman–Crippen LogP) is 6.04. The maximum atomic E-state index is 12.3. The fourth-order valence-electron chi connectivity index (χ4n) is 4.35. The smallest absolute Gasteiger partial charge is 0.258 e. The standard InChI is InChI=1S/C29H23ClN4O3/c1-31-22-12-9-20(10-13-22)29(35,25-16-32-18-34(25)2)21-11-14-24-23(15-21)26(30)27(28(33-24)36-3)37-17-19-7-5-4-6-8-19/h4-16,18,35H,17H2,2-3H3. The summed E-state index contributed by atoms with van der Waals surface area (Å²) in [5, 5.41) is 13.2. The van der Waals surface area contributed by atoms with Gasteiger partial charge in [0.1, 0.15) is 6.61 Å². The minimum atomic E-state index is -1.58. The predicted molar refractivity (Wildman–Crippen MR) is 142 cm³/mol. The number of imidazole rings is 1. The van der Waals surface area contributed by atoms with Crippen molar-refractivity contribution in [2.75, 3.05) is 7.11 Å². The first-order chi connectivity index (χ1) is 18.0. The molecule has 37 heavy (non-hydrogen) atoms. The number of pyridine rings is 1. The first-order valence-electron chi connectivity index (χ1n) is 11.5. The lowest BCUT2D eigenvalue weighted by molar-refractivity contribution is 0.117. The summed E-state index contributed by atoms with van der Waals surface area (Å²) in [5.74, 6) is 0.598. The number of halogens is 1. The minimum absolute atomic E-state index is 0.276. The molecule has 2 heterocycles. The highest BCUT2D eigenvalue weighted by Crippen LogP contribution is 2.43. The third-order valence-electron chi connectivity index (χ3n) is 6.29. The highest BCUT2D eigenvalue weighted by atomic mass is 35.5. The Morgan fingerprint density at radius 1 is 1.05 bits per heavy atom. The molecule has 0 radical (unpaired) electrons. The van der Waals surface area contributed by atoms with Crippen molar-refractivity contribution in [1.82, 2.24) is 14.5 Å². The second-order valence-electron chi connectivity index (χ2n) is 8.53. The SMILES string of the molecule is [C-]#[N+]c1ccc(C(O)(c2ccc3nc(OC)c(OCc4ccccc4)c(Cl)c3c2)c2cncn2C)cc1. The normalized spacial score (nSPS) is 12.6. The number of hydrogen-bond acceptors (Lipinski definition) is 5. The molecule has 0 saturated heterocycles. The molecule has 0 aliphatic heterocycles. The van der Waals surface area contributed by atoms with E-state index in [9.17, 15) is 5.11 Å². The third-order valence-corrected chi connectivity index (χ3v) is 6.66. The lowest BCUT2D eigenvalue weighted by atomic mass is 9.83. The van der Waals surface area contributed by atoms with E-state index >= 15 is 0 Å². The Balaban J connectivity index is 1.66. The number of aliphatic hydroxyl groups is 1. The molecule has 0 spiro atoms. The molecule has 5 aromatic rings. The second-order valence-corrected chi connectivity index (χ2v) is 8.91. The Morgan fingerprint density at radius 2 is 1.78 bits per heavy atom. The number of aromatic nitrogens is 3. The molecular formula is C29H23ClN4O3. The van der Waals surface area contributed by atoms with Crippen molar-refractivity contribution in [3.05, 3.63) is 124 Å². The molecule has 0 bridgehead atoms. The van der Waals surface area contributed by atoms with Gasteiger partial charge >= 0.3 is 0 Å².